The van der Waals surface area contributed by atoms with Crippen LogP contribution in [0, 0.1) is 17.2 Å². The smallest absolute Gasteiger partial charge is 0.313 e. The second kappa shape index (κ2) is 7.74. The van der Waals surface area contributed by atoms with Crippen LogP contribution in [0.5, 0.6) is 5.75 Å². The topological polar surface area (TPSA) is 104 Å². The molecule has 0 aromatic heterocycles. The van der Waals surface area contributed by atoms with Gasteiger partial charge in [0.25, 0.3) is 0 Å². The predicted molar refractivity (Wildman–Crippen MR) is 76.9 cm³/mol. The molecule has 0 heterocycles. The van der Waals surface area contributed by atoms with E-state index in [1.54, 1.807) is 18.2 Å². The molecule has 1 aromatic carbocycles. The van der Waals surface area contributed by atoms with Crippen LogP contribution in [0.2, 0.25) is 0 Å². The SMILES string of the molecule is COC(=O)CC(=O)C(C)/C=C(\C#N)C(=O)c1ccccc1O. The summed E-state index contributed by atoms with van der Waals surface area (Å²) in [5, 5.41) is 18.7. The molecule has 1 N–H and O–H groups in total. The summed E-state index contributed by atoms with van der Waals surface area (Å²) in [6.07, 6.45) is 0.748. The van der Waals surface area contributed by atoms with Gasteiger partial charge >= 0.3 is 5.97 Å². The van der Waals surface area contributed by atoms with Gasteiger partial charge in [-0.2, -0.15) is 5.26 Å². The number of para-hydroxylation sites is 1. The Labute approximate surface area is 127 Å². The number of hydrogen-bond donors (Lipinski definition) is 1. The molecule has 0 radical (unpaired) electrons. The Morgan fingerprint density at radius 2 is 2.00 bits per heavy atom. The van der Waals surface area contributed by atoms with E-state index in [9.17, 15) is 19.5 Å². The van der Waals surface area contributed by atoms with Gasteiger partial charge in [-0.3, -0.25) is 14.4 Å². The van der Waals surface area contributed by atoms with E-state index in [1.165, 1.54) is 32.2 Å². The number of ether oxygens (including phenoxy) is 1. The van der Waals surface area contributed by atoms with Crippen LogP contribution in [0.1, 0.15) is 23.7 Å². The molecular weight excluding hydrogens is 286 g/mol. The highest BCUT2D eigenvalue weighted by atomic mass is 16.5. The molecule has 0 bridgehead atoms. The maximum Gasteiger partial charge on any atom is 0.313 e. The van der Waals surface area contributed by atoms with Gasteiger partial charge in [-0.05, 0) is 12.1 Å². The van der Waals surface area contributed by atoms with Gasteiger partial charge in [0.05, 0.1) is 18.2 Å². The summed E-state index contributed by atoms with van der Waals surface area (Å²) in [7, 11) is 1.17. The molecule has 0 saturated carbocycles. The van der Waals surface area contributed by atoms with Crippen molar-refractivity contribution in [1.29, 1.82) is 5.26 Å². The molecule has 22 heavy (non-hydrogen) atoms. The zero-order valence-electron chi connectivity index (χ0n) is 12.2. The fourth-order valence-electron chi connectivity index (χ4n) is 1.69. The predicted octanol–water partition coefficient (Wildman–Crippen LogP) is 1.79. The van der Waals surface area contributed by atoms with Crippen LogP contribution in [-0.4, -0.2) is 29.8 Å². The van der Waals surface area contributed by atoms with Crippen molar-refractivity contribution in [2.45, 2.75) is 13.3 Å². The number of benzene rings is 1. The number of carbonyl (C=O) groups is 3. The molecule has 0 fully saturated rings. The number of Topliss-reactive ketones (excluding diaryl/α,β-unsaturated/α-hetero) is 2. The number of nitriles is 1. The van der Waals surface area contributed by atoms with E-state index in [1.807, 2.05) is 0 Å². The number of allylic oxidation sites excluding steroid dienone is 2. The minimum Gasteiger partial charge on any atom is -0.507 e. The van der Waals surface area contributed by atoms with Gasteiger partial charge in [0, 0.05) is 5.92 Å². The Balaban J connectivity index is 2.98. The lowest BCUT2D eigenvalue weighted by molar-refractivity contribution is -0.143. The van der Waals surface area contributed by atoms with Crippen LogP contribution >= 0.6 is 0 Å². The van der Waals surface area contributed by atoms with Crippen molar-refractivity contribution in [3.8, 4) is 11.8 Å². The molecule has 6 heteroatoms. The summed E-state index contributed by atoms with van der Waals surface area (Å²) < 4.78 is 4.39. The van der Waals surface area contributed by atoms with Crippen molar-refractivity contribution in [2.24, 2.45) is 5.92 Å². The van der Waals surface area contributed by atoms with Gasteiger partial charge in [0.1, 0.15) is 18.2 Å². The molecular formula is C16H15NO5. The Hall–Kier alpha value is -2.94. The number of esters is 1. The summed E-state index contributed by atoms with van der Waals surface area (Å²) in [5.74, 6) is -2.88. The molecule has 0 aliphatic rings. The zero-order chi connectivity index (χ0) is 16.7. The van der Waals surface area contributed by atoms with Crippen LogP contribution in [0.3, 0.4) is 0 Å². The largest absolute Gasteiger partial charge is 0.507 e. The van der Waals surface area contributed by atoms with E-state index in [0.717, 1.165) is 0 Å². The van der Waals surface area contributed by atoms with E-state index < -0.39 is 29.9 Å². The van der Waals surface area contributed by atoms with Crippen molar-refractivity contribution in [3.63, 3.8) is 0 Å². The maximum absolute atomic E-state index is 12.2. The monoisotopic (exact) mass is 301 g/mol. The molecule has 0 spiro atoms. The third-order valence-electron chi connectivity index (χ3n) is 2.98. The highest BCUT2D eigenvalue weighted by Gasteiger charge is 2.20. The van der Waals surface area contributed by atoms with E-state index >= 15 is 0 Å². The zero-order valence-corrected chi connectivity index (χ0v) is 12.2. The number of methoxy groups -OCH3 is 1. The van der Waals surface area contributed by atoms with Crippen molar-refractivity contribution in [1.82, 2.24) is 0 Å². The molecule has 0 aliphatic carbocycles. The number of phenolic OH excluding ortho intramolecular Hbond substituents is 1. The molecule has 1 rings (SSSR count). The first-order valence-corrected chi connectivity index (χ1v) is 6.44. The standard InChI is InChI=1S/C16H15NO5/c1-10(14(19)8-15(20)22-2)7-11(9-17)16(21)12-5-3-4-6-13(12)18/h3-7,10,18H,8H2,1-2H3/b11-7+. The lowest BCUT2D eigenvalue weighted by Gasteiger charge is -2.06. The Morgan fingerprint density at radius 3 is 2.55 bits per heavy atom. The number of phenols is 1. The highest BCUT2D eigenvalue weighted by molar-refractivity contribution is 6.13. The summed E-state index contributed by atoms with van der Waals surface area (Å²) in [4.78, 5) is 35.0. The Bertz CT molecular complexity index is 669. The van der Waals surface area contributed by atoms with Gasteiger partial charge < -0.3 is 9.84 Å². The molecule has 1 aromatic rings. The molecule has 0 aliphatic heterocycles. The van der Waals surface area contributed by atoms with E-state index in [2.05, 4.69) is 4.74 Å². The van der Waals surface area contributed by atoms with Crippen molar-refractivity contribution < 1.29 is 24.2 Å². The average Bonchev–Trinajstić information content (AvgIpc) is 2.51. The summed E-state index contributed by atoms with van der Waals surface area (Å²) in [6.45, 7) is 1.47. The molecule has 6 nitrogen and oxygen atoms in total. The summed E-state index contributed by atoms with van der Waals surface area (Å²) in [6, 6.07) is 7.51. The number of carbonyl (C=O) groups excluding carboxylic acids is 3. The lowest BCUT2D eigenvalue weighted by atomic mass is 9.96. The van der Waals surface area contributed by atoms with Gasteiger partial charge in [-0.1, -0.05) is 25.1 Å². The highest BCUT2D eigenvalue weighted by Crippen LogP contribution is 2.20. The van der Waals surface area contributed by atoms with Gasteiger partial charge in [0.2, 0.25) is 5.78 Å². The van der Waals surface area contributed by atoms with Crippen LogP contribution in [0.15, 0.2) is 35.9 Å². The van der Waals surface area contributed by atoms with E-state index in [-0.39, 0.29) is 16.9 Å². The second-order valence-corrected chi connectivity index (χ2v) is 4.55. The van der Waals surface area contributed by atoms with Gasteiger partial charge in [0.15, 0.2) is 5.78 Å². The van der Waals surface area contributed by atoms with Crippen LogP contribution in [-0.2, 0) is 14.3 Å². The minimum atomic E-state index is -0.802. The maximum atomic E-state index is 12.2. The second-order valence-electron chi connectivity index (χ2n) is 4.55. The van der Waals surface area contributed by atoms with Crippen LogP contribution in [0.25, 0.3) is 0 Å². The Morgan fingerprint density at radius 1 is 1.36 bits per heavy atom. The molecule has 1 atom stereocenters. The third kappa shape index (κ3) is 4.28. The van der Waals surface area contributed by atoms with Crippen LogP contribution < -0.4 is 0 Å². The molecule has 0 saturated heterocycles. The molecule has 114 valence electrons. The fraction of sp³-hybridized carbons (Fsp3) is 0.250. The Kier molecular flexibility index (Phi) is 6.02. The first-order chi connectivity index (χ1) is 10.4. The van der Waals surface area contributed by atoms with E-state index in [0.29, 0.717) is 0 Å². The van der Waals surface area contributed by atoms with Crippen molar-refractivity contribution in [2.75, 3.05) is 7.11 Å². The van der Waals surface area contributed by atoms with Crippen molar-refractivity contribution in [3.05, 3.63) is 41.5 Å². The summed E-state index contributed by atoms with van der Waals surface area (Å²) in [5.41, 5.74) is -0.296. The first kappa shape index (κ1) is 17.1. The summed E-state index contributed by atoms with van der Waals surface area (Å²) >= 11 is 0. The van der Waals surface area contributed by atoms with Gasteiger partial charge in [-0.15, -0.1) is 0 Å². The van der Waals surface area contributed by atoms with Gasteiger partial charge in [-0.25, -0.2) is 0 Å². The number of aromatic hydroxyl groups is 1. The third-order valence-corrected chi connectivity index (χ3v) is 2.98. The number of rotatable bonds is 6. The van der Waals surface area contributed by atoms with Crippen molar-refractivity contribution >= 4 is 17.5 Å². The number of ketones is 2. The quantitative estimate of drug-likeness (QED) is 0.282. The number of nitrogens with zero attached hydrogens (tertiary/aromatic N) is 1. The normalized spacial score (nSPS) is 12.1. The fourth-order valence-corrected chi connectivity index (χ4v) is 1.69. The number of hydrogen-bond acceptors (Lipinski definition) is 6. The lowest BCUT2D eigenvalue weighted by Crippen LogP contribution is -2.16. The molecule has 1 unspecified atom stereocenters. The first-order valence-electron chi connectivity index (χ1n) is 6.44. The molecule has 0 amide bonds. The minimum absolute atomic E-state index is 0.0251. The van der Waals surface area contributed by atoms with E-state index in [4.69, 9.17) is 5.26 Å². The van der Waals surface area contributed by atoms with Crippen LogP contribution in [0.4, 0.5) is 0 Å². The average molecular weight is 301 g/mol.